The molecule has 1 fully saturated rings. The van der Waals surface area contributed by atoms with Gasteiger partial charge in [0.1, 0.15) is 16.9 Å². The third-order valence-corrected chi connectivity index (χ3v) is 5.95. The van der Waals surface area contributed by atoms with Gasteiger partial charge in [0.05, 0.1) is 5.04 Å². The zero-order chi connectivity index (χ0) is 21.1. The molecule has 8 nitrogen and oxygen atoms in total. The number of fused-ring (bicyclic) bond motifs is 1. The van der Waals surface area contributed by atoms with Gasteiger partial charge in [0.15, 0.2) is 5.82 Å². The Morgan fingerprint density at radius 1 is 1.27 bits per heavy atom. The second-order valence-electron chi connectivity index (χ2n) is 7.55. The zero-order valence-electron chi connectivity index (χ0n) is 16.9. The summed E-state index contributed by atoms with van der Waals surface area (Å²) in [6.45, 7) is 4.53. The summed E-state index contributed by atoms with van der Waals surface area (Å²) >= 11 is 1.14. The molecule has 3 aromatic rings. The van der Waals surface area contributed by atoms with Crippen LogP contribution in [-0.2, 0) is 6.54 Å². The molecule has 5 N–H and O–H groups in total. The fourth-order valence-corrected chi connectivity index (χ4v) is 4.23. The van der Waals surface area contributed by atoms with Gasteiger partial charge in [0.2, 0.25) is 0 Å². The Kier molecular flexibility index (Phi) is 6.12. The van der Waals surface area contributed by atoms with Crippen LogP contribution in [0.3, 0.4) is 0 Å². The molecule has 0 atom stereocenters. The molecule has 0 spiro atoms. The molecular weight excluding hydrogens is 396 g/mol. The van der Waals surface area contributed by atoms with Crippen molar-refractivity contribution in [2.45, 2.75) is 32.4 Å². The van der Waals surface area contributed by atoms with Crippen LogP contribution in [0.4, 0.5) is 11.5 Å². The van der Waals surface area contributed by atoms with E-state index in [4.69, 9.17) is 16.6 Å². The van der Waals surface area contributed by atoms with E-state index < -0.39 is 0 Å². The summed E-state index contributed by atoms with van der Waals surface area (Å²) in [5, 5.41) is 24.3. The molecule has 9 heteroatoms. The van der Waals surface area contributed by atoms with Crippen LogP contribution in [0.25, 0.3) is 5.52 Å². The number of likely N-dealkylation sites (tertiary alicyclic amines) is 1. The molecule has 0 saturated carbocycles. The SMILES string of the molecule is CC(=N)SC(=N)c1cccc(Nc2ncnn3ccc(CN4CCC(N)CC4)c23)c1. The van der Waals surface area contributed by atoms with Crippen molar-refractivity contribution >= 4 is 38.9 Å². The number of rotatable bonds is 5. The number of nitrogens with two attached hydrogens (primary N) is 1. The van der Waals surface area contributed by atoms with Crippen molar-refractivity contribution in [3.8, 4) is 0 Å². The van der Waals surface area contributed by atoms with E-state index >= 15 is 0 Å². The molecular formula is C21H26N8S. The number of anilines is 2. The van der Waals surface area contributed by atoms with Crippen LogP contribution in [0.1, 0.15) is 30.9 Å². The van der Waals surface area contributed by atoms with Crippen molar-refractivity contribution in [3.63, 3.8) is 0 Å². The van der Waals surface area contributed by atoms with Crippen molar-refractivity contribution in [2.75, 3.05) is 18.4 Å². The predicted molar refractivity (Wildman–Crippen MR) is 123 cm³/mol. The fourth-order valence-electron chi connectivity index (χ4n) is 3.68. The molecule has 0 radical (unpaired) electrons. The number of hydrogen-bond donors (Lipinski definition) is 4. The highest BCUT2D eigenvalue weighted by Crippen LogP contribution is 2.26. The van der Waals surface area contributed by atoms with E-state index in [-0.39, 0.29) is 0 Å². The van der Waals surface area contributed by atoms with Crippen molar-refractivity contribution < 1.29 is 0 Å². The van der Waals surface area contributed by atoms with Gasteiger partial charge in [0.25, 0.3) is 0 Å². The molecule has 0 unspecified atom stereocenters. The number of nitrogens with one attached hydrogen (secondary N) is 3. The Balaban J connectivity index is 1.58. The molecule has 1 aliphatic heterocycles. The number of thioether (sulfide) groups is 1. The average molecular weight is 423 g/mol. The predicted octanol–water partition coefficient (Wildman–Crippen LogP) is 3.45. The first-order valence-electron chi connectivity index (χ1n) is 9.98. The Bertz CT molecular complexity index is 1070. The van der Waals surface area contributed by atoms with E-state index in [1.807, 2.05) is 35.0 Å². The number of nitrogens with zero attached hydrogens (tertiary/aromatic N) is 4. The number of hydrogen-bond acceptors (Lipinski definition) is 8. The smallest absolute Gasteiger partial charge is 0.158 e. The van der Waals surface area contributed by atoms with Gasteiger partial charge in [-0.25, -0.2) is 9.50 Å². The maximum Gasteiger partial charge on any atom is 0.158 e. The van der Waals surface area contributed by atoms with Crippen molar-refractivity contribution in [2.24, 2.45) is 5.73 Å². The van der Waals surface area contributed by atoms with Crippen molar-refractivity contribution in [1.29, 1.82) is 10.8 Å². The lowest BCUT2D eigenvalue weighted by atomic mass is 10.1. The molecule has 0 amide bonds. The van der Waals surface area contributed by atoms with Crippen LogP contribution in [0, 0.1) is 10.8 Å². The van der Waals surface area contributed by atoms with E-state index in [1.165, 1.54) is 5.56 Å². The van der Waals surface area contributed by atoms with Crippen LogP contribution in [0.2, 0.25) is 0 Å². The minimum Gasteiger partial charge on any atom is -0.338 e. The largest absolute Gasteiger partial charge is 0.338 e. The van der Waals surface area contributed by atoms with E-state index in [0.717, 1.165) is 66.8 Å². The Morgan fingerprint density at radius 2 is 2.07 bits per heavy atom. The number of benzene rings is 1. The summed E-state index contributed by atoms with van der Waals surface area (Å²) in [6.07, 6.45) is 5.56. The van der Waals surface area contributed by atoms with Gasteiger partial charge in [0, 0.05) is 30.0 Å². The first-order chi connectivity index (χ1) is 14.5. The normalized spacial score (nSPS) is 15.4. The van der Waals surface area contributed by atoms with E-state index in [1.54, 1.807) is 13.3 Å². The monoisotopic (exact) mass is 422 g/mol. The molecule has 1 aromatic carbocycles. The molecule has 1 saturated heterocycles. The number of piperidine rings is 1. The van der Waals surface area contributed by atoms with Crippen LogP contribution in [0.15, 0.2) is 42.9 Å². The fraction of sp³-hybridized carbons (Fsp3) is 0.333. The van der Waals surface area contributed by atoms with E-state index in [0.29, 0.717) is 16.1 Å². The summed E-state index contributed by atoms with van der Waals surface area (Å²) in [6, 6.07) is 10.0. The van der Waals surface area contributed by atoms with Crippen molar-refractivity contribution in [3.05, 3.63) is 54.0 Å². The second-order valence-corrected chi connectivity index (χ2v) is 8.77. The molecule has 0 bridgehead atoms. The van der Waals surface area contributed by atoms with Crippen LogP contribution < -0.4 is 11.1 Å². The number of aromatic nitrogens is 3. The molecule has 30 heavy (non-hydrogen) atoms. The third-order valence-electron chi connectivity index (χ3n) is 5.21. The minimum absolute atomic E-state index is 0.313. The average Bonchev–Trinajstić information content (AvgIpc) is 3.13. The van der Waals surface area contributed by atoms with E-state index in [9.17, 15) is 0 Å². The van der Waals surface area contributed by atoms with Gasteiger partial charge < -0.3 is 11.1 Å². The maximum atomic E-state index is 8.18. The van der Waals surface area contributed by atoms with Gasteiger partial charge in [-0.05, 0) is 56.6 Å². The molecule has 2 aromatic heterocycles. The summed E-state index contributed by atoms with van der Waals surface area (Å²) in [4.78, 5) is 6.91. The Labute approximate surface area is 179 Å². The van der Waals surface area contributed by atoms with Crippen LogP contribution in [0.5, 0.6) is 0 Å². The van der Waals surface area contributed by atoms with E-state index in [2.05, 4.69) is 26.4 Å². The van der Waals surface area contributed by atoms with Gasteiger partial charge in [-0.2, -0.15) is 5.10 Å². The van der Waals surface area contributed by atoms with Crippen molar-refractivity contribution in [1.82, 2.24) is 19.5 Å². The standard InChI is InChI=1S/C21H26N8S/c1-14(22)30-20(24)15-3-2-4-18(11-15)27-21-19-16(5-10-29(19)26-13-25-21)12-28-8-6-17(23)7-9-28/h2-5,10-11,13,17,22,24H,6-9,12,23H2,1H3,(H,25,26,27). The summed E-state index contributed by atoms with van der Waals surface area (Å²) in [5.74, 6) is 0.735. The highest BCUT2D eigenvalue weighted by atomic mass is 32.2. The highest BCUT2D eigenvalue weighted by molar-refractivity contribution is 8.26. The third kappa shape index (κ3) is 4.69. The first kappa shape index (κ1) is 20.5. The van der Waals surface area contributed by atoms with Crippen LogP contribution >= 0.6 is 11.8 Å². The van der Waals surface area contributed by atoms with Gasteiger partial charge >= 0.3 is 0 Å². The molecule has 4 rings (SSSR count). The Morgan fingerprint density at radius 3 is 2.83 bits per heavy atom. The maximum absolute atomic E-state index is 8.18. The highest BCUT2D eigenvalue weighted by Gasteiger charge is 2.19. The Hall–Kier alpha value is -2.75. The van der Waals surface area contributed by atoms with Gasteiger partial charge in [-0.3, -0.25) is 15.7 Å². The molecule has 3 heterocycles. The minimum atomic E-state index is 0.313. The summed E-state index contributed by atoms with van der Waals surface area (Å²) in [7, 11) is 0. The van der Waals surface area contributed by atoms with Gasteiger partial charge in [-0.15, -0.1) is 0 Å². The van der Waals surface area contributed by atoms with Crippen LogP contribution in [-0.4, -0.2) is 48.7 Å². The zero-order valence-corrected chi connectivity index (χ0v) is 17.7. The second kappa shape index (κ2) is 8.95. The molecule has 156 valence electrons. The summed E-state index contributed by atoms with van der Waals surface area (Å²) in [5.41, 5.74) is 9.78. The summed E-state index contributed by atoms with van der Waals surface area (Å²) < 4.78 is 1.85. The topological polar surface area (TPSA) is 119 Å². The van der Waals surface area contributed by atoms with Gasteiger partial charge in [-0.1, -0.05) is 23.9 Å². The molecule has 1 aliphatic rings. The first-order valence-corrected chi connectivity index (χ1v) is 10.8. The molecule has 0 aliphatic carbocycles. The quantitative estimate of drug-likeness (QED) is 0.369. The lowest BCUT2D eigenvalue weighted by molar-refractivity contribution is 0.206. The lowest BCUT2D eigenvalue weighted by Crippen LogP contribution is -2.39. The lowest BCUT2D eigenvalue weighted by Gasteiger charge is -2.29.